The van der Waals surface area contributed by atoms with Gasteiger partial charge in [-0.2, -0.15) is 0 Å². The van der Waals surface area contributed by atoms with E-state index in [4.69, 9.17) is 11.6 Å². The minimum atomic E-state index is -0.624. The van der Waals surface area contributed by atoms with Gasteiger partial charge >= 0.3 is 0 Å². The standard InChI is InChI=1S/C13H13ClF2N2/c14-7-12-17-13-10(16)5-9(15)6-11(13)18(12)4-3-8-1-2-8/h5-6,8H,1-4,7H2. The third kappa shape index (κ3) is 2.09. The van der Waals surface area contributed by atoms with E-state index in [0.29, 0.717) is 11.3 Å². The lowest BCUT2D eigenvalue weighted by molar-refractivity contribution is 0.583. The van der Waals surface area contributed by atoms with E-state index in [1.165, 1.54) is 18.9 Å². The lowest BCUT2D eigenvalue weighted by Crippen LogP contribution is -2.03. The molecule has 0 radical (unpaired) electrons. The van der Waals surface area contributed by atoms with Crippen molar-refractivity contribution >= 4 is 22.6 Å². The van der Waals surface area contributed by atoms with Gasteiger partial charge in [-0.05, 0) is 18.4 Å². The second kappa shape index (κ2) is 4.50. The summed E-state index contributed by atoms with van der Waals surface area (Å²) in [7, 11) is 0. The van der Waals surface area contributed by atoms with Crippen LogP contribution in [0.3, 0.4) is 0 Å². The highest BCUT2D eigenvalue weighted by Crippen LogP contribution is 2.33. The molecule has 0 aliphatic heterocycles. The molecule has 0 unspecified atom stereocenters. The first-order chi connectivity index (χ1) is 8.69. The summed E-state index contributed by atoms with van der Waals surface area (Å²) in [5.74, 6) is 0.372. The summed E-state index contributed by atoms with van der Waals surface area (Å²) in [5, 5.41) is 0. The van der Waals surface area contributed by atoms with Crippen LogP contribution in [0.25, 0.3) is 11.0 Å². The van der Waals surface area contributed by atoms with Gasteiger partial charge in [-0.25, -0.2) is 13.8 Å². The predicted octanol–water partition coefficient (Wildman–Crippen LogP) is 3.85. The number of aromatic nitrogens is 2. The van der Waals surface area contributed by atoms with Crippen LogP contribution in [-0.2, 0) is 12.4 Å². The second-order valence-corrected chi connectivity index (χ2v) is 5.07. The second-order valence-electron chi connectivity index (χ2n) is 4.80. The topological polar surface area (TPSA) is 17.8 Å². The maximum absolute atomic E-state index is 13.6. The molecule has 96 valence electrons. The minimum absolute atomic E-state index is 0.209. The lowest BCUT2D eigenvalue weighted by atomic mass is 10.2. The van der Waals surface area contributed by atoms with Gasteiger partial charge in [0.05, 0.1) is 11.4 Å². The fraction of sp³-hybridized carbons (Fsp3) is 0.462. The SMILES string of the molecule is Fc1cc(F)c2nc(CCl)n(CCC3CC3)c2c1. The fourth-order valence-electron chi connectivity index (χ4n) is 2.27. The molecule has 1 aliphatic carbocycles. The van der Waals surface area contributed by atoms with E-state index in [-0.39, 0.29) is 11.4 Å². The number of nitrogens with zero attached hydrogens (tertiary/aromatic N) is 2. The molecule has 1 aromatic carbocycles. The summed E-state index contributed by atoms with van der Waals surface area (Å²) < 4.78 is 28.8. The van der Waals surface area contributed by atoms with Crippen molar-refractivity contribution in [2.75, 3.05) is 0 Å². The number of aryl methyl sites for hydroxylation is 1. The van der Waals surface area contributed by atoms with Gasteiger partial charge in [0.2, 0.25) is 0 Å². The number of hydrogen-bond donors (Lipinski definition) is 0. The van der Waals surface area contributed by atoms with E-state index < -0.39 is 11.6 Å². The summed E-state index contributed by atoms with van der Waals surface area (Å²) in [5.41, 5.74) is 0.714. The van der Waals surface area contributed by atoms with E-state index >= 15 is 0 Å². The molecule has 0 N–H and O–H groups in total. The fourth-order valence-corrected chi connectivity index (χ4v) is 2.47. The molecule has 0 atom stereocenters. The molecule has 1 fully saturated rings. The molecule has 0 saturated heterocycles. The third-order valence-electron chi connectivity index (χ3n) is 3.43. The van der Waals surface area contributed by atoms with Crippen molar-refractivity contribution in [2.45, 2.75) is 31.7 Å². The molecule has 3 rings (SSSR count). The Morgan fingerprint density at radius 2 is 2.11 bits per heavy atom. The van der Waals surface area contributed by atoms with E-state index in [9.17, 15) is 8.78 Å². The maximum Gasteiger partial charge on any atom is 0.153 e. The number of imidazole rings is 1. The van der Waals surface area contributed by atoms with Crippen LogP contribution in [0.5, 0.6) is 0 Å². The minimum Gasteiger partial charge on any atom is -0.327 e. The van der Waals surface area contributed by atoms with Crippen LogP contribution in [-0.4, -0.2) is 9.55 Å². The van der Waals surface area contributed by atoms with Crippen molar-refractivity contribution in [3.8, 4) is 0 Å². The van der Waals surface area contributed by atoms with Crippen LogP contribution in [0.2, 0.25) is 0 Å². The summed E-state index contributed by atoms with van der Waals surface area (Å²) in [6.07, 6.45) is 3.53. The van der Waals surface area contributed by atoms with Crippen molar-refractivity contribution in [3.63, 3.8) is 0 Å². The number of fused-ring (bicyclic) bond motifs is 1. The quantitative estimate of drug-likeness (QED) is 0.772. The number of rotatable bonds is 4. The van der Waals surface area contributed by atoms with Crippen LogP contribution in [0.15, 0.2) is 12.1 Å². The summed E-state index contributed by atoms with van der Waals surface area (Å²) in [6, 6.07) is 2.19. The van der Waals surface area contributed by atoms with Crippen molar-refractivity contribution in [2.24, 2.45) is 5.92 Å². The molecule has 1 saturated carbocycles. The smallest absolute Gasteiger partial charge is 0.153 e. The van der Waals surface area contributed by atoms with Crippen molar-refractivity contribution < 1.29 is 8.78 Å². The molecule has 0 amide bonds. The van der Waals surface area contributed by atoms with Gasteiger partial charge in [0.25, 0.3) is 0 Å². The van der Waals surface area contributed by atoms with E-state index in [0.717, 1.165) is 24.9 Å². The molecule has 2 aromatic rings. The van der Waals surface area contributed by atoms with Crippen LogP contribution in [0, 0.1) is 17.6 Å². The average Bonchev–Trinajstić information content (AvgIpc) is 3.08. The monoisotopic (exact) mass is 270 g/mol. The first-order valence-electron chi connectivity index (χ1n) is 6.09. The molecule has 2 nitrogen and oxygen atoms in total. The van der Waals surface area contributed by atoms with Gasteiger partial charge in [0.15, 0.2) is 5.82 Å². The molecule has 0 spiro atoms. The molecule has 0 bridgehead atoms. The van der Waals surface area contributed by atoms with E-state index in [1.54, 1.807) is 0 Å². The molecule has 1 aromatic heterocycles. The van der Waals surface area contributed by atoms with Crippen LogP contribution >= 0.6 is 11.6 Å². The number of hydrogen-bond acceptors (Lipinski definition) is 1. The molecule has 1 heterocycles. The van der Waals surface area contributed by atoms with Gasteiger partial charge in [-0.3, -0.25) is 0 Å². The zero-order chi connectivity index (χ0) is 12.7. The number of halogens is 3. The average molecular weight is 271 g/mol. The Kier molecular flexibility index (Phi) is 2.98. The highest BCUT2D eigenvalue weighted by molar-refractivity contribution is 6.16. The molecule has 5 heteroatoms. The number of alkyl halides is 1. The normalized spacial score (nSPS) is 15.5. The zero-order valence-electron chi connectivity index (χ0n) is 9.80. The molecular weight excluding hydrogens is 258 g/mol. The highest BCUT2D eigenvalue weighted by Gasteiger charge is 2.22. The molecule has 18 heavy (non-hydrogen) atoms. The largest absolute Gasteiger partial charge is 0.327 e. The first-order valence-corrected chi connectivity index (χ1v) is 6.62. The van der Waals surface area contributed by atoms with Gasteiger partial charge in [0, 0.05) is 12.6 Å². The van der Waals surface area contributed by atoms with Crippen LogP contribution < -0.4 is 0 Å². The summed E-state index contributed by atoms with van der Waals surface area (Å²) in [6.45, 7) is 0.728. The summed E-state index contributed by atoms with van der Waals surface area (Å²) >= 11 is 5.83. The summed E-state index contributed by atoms with van der Waals surface area (Å²) in [4.78, 5) is 4.16. The van der Waals surface area contributed by atoms with Gasteiger partial charge in [-0.15, -0.1) is 11.6 Å². The van der Waals surface area contributed by atoms with Crippen molar-refractivity contribution in [1.29, 1.82) is 0 Å². The highest BCUT2D eigenvalue weighted by atomic mass is 35.5. The van der Waals surface area contributed by atoms with Crippen LogP contribution in [0.4, 0.5) is 8.78 Å². The predicted molar refractivity (Wildman–Crippen MR) is 66.5 cm³/mol. The van der Waals surface area contributed by atoms with Gasteiger partial charge in [0.1, 0.15) is 17.2 Å². The lowest BCUT2D eigenvalue weighted by Gasteiger charge is -2.06. The Morgan fingerprint density at radius 3 is 2.78 bits per heavy atom. The van der Waals surface area contributed by atoms with Crippen molar-refractivity contribution in [3.05, 3.63) is 29.6 Å². The van der Waals surface area contributed by atoms with Crippen LogP contribution in [0.1, 0.15) is 25.1 Å². The maximum atomic E-state index is 13.6. The van der Waals surface area contributed by atoms with Gasteiger partial charge in [-0.1, -0.05) is 12.8 Å². The van der Waals surface area contributed by atoms with E-state index in [1.807, 2.05) is 4.57 Å². The Hall–Kier alpha value is -1.16. The zero-order valence-corrected chi connectivity index (χ0v) is 10.6. The molecular formula is C13H13ClF2N2. The van der Waals surface area contributed by atoms with E-state index in [2.05, 4.69) is 4.98 Å². The third-order valence-corrected chi connectivity index (χ3v) is 3.67. The first kappa shape index (κ1) is 11.9. The Morgan fingerprint density at radius 1 is 1.33 bits per heavy atom. The Labute approximate surface area is 109 Å². The molecule has 1 aliphatic rings. The van der Waals surface area contributed by atoms with Gasteiger partial charge < -0.3 is 4.57 Å². The Bertz CT molecular complexity index is 590. The Balaban J connectivity index is 2.06. The number of benzene rings is 1. The van der Waals surface area contributed by atoms with Crippen molar-refractivity contribution in [1.82, 2.24) is 9.55 Å².